The van der Waals surface area contributed by atoms with Crippen LogP contribution in [0.15, 0.2) is 60.7 Å². The van der Waals surface area contributed by atoms with Crippen LogP contribution in [-0.4, -0.2) is 30.3 Å². The molecule has 1 N–H and O–H groups in total. The third-order valence-corrected chi connectivity index (χ3v) is 8.16. The fourth-order valence-corrected chi connectivity index (χ4v) is 6.26. The van der Waals surface area contributed by atoms with Gasteiger partial charge in [0.2, 0.25) is 11.8 Å². The number of unbranched alkanes of at least 4 members (excludes halogenated alkanes) is 1. The molecule has 4 aliphatic carbocycles. The Morgan fingerprint density at radius 3 is 2.06 bits per heavy atom. The molecule has 0 radical (unpaired) electrons. The summed E-state index contributed by atoms with van der Waals surface area (Å²) in [5.41, 5.74) is 1.89. The normalized spacial score (nSPS) is 29.1. The van der Waals surface area contributed by atoms with Crippen molar-refractivity contribution in [3.05, 3.63) is 71.8 Å². The van der Waals surface area contributed by atoms with Gasteiger partial charge in [0, 0.05) is 11.3 Å². The lowest BCUT2D eigenvalue weighted by Crippen LogP contribution is -2.40. The van der Waals surface area contributed by atoms with Gasteiger partial charge in [0.05, 0.1) is 29.7 Å². The van der Waals surface area contributed by atoms with Crippen molar-refractivity contribution in [2.45, 2.75) is 26.2 Å². The van der Waals surface area contributed by atoms with Gasteiger partial charge in [0.1, 0.15) is 0 Å². The number of hydrogen-bond acceptors (Lipinski definition) is 5. The number of imide groups is 1. The minimum atomic E-state index is -0.386. The van der Waals surface area contributed by atoms with Crippen molar-refractivity contribution in [1.82, 2.24) is 0 Å². The molecule has 184 valence electrons. The van der Waals surface area contributed by atoms with Crippen molar-refractivity contribution in [2.75, 3.05) is 16.8 Å². The van der Waals surface area contributed by atoms with Crippen molar-refractivity contribution < 1.29 is 23.9 Å². The summed E-state index contributed by atoms with van der Waals surface area (Å²) in [5.74, 6) is 0.0629. The topological polar surface area (TPSA) is 92.8 Å². The van der Waals surface area contributed by atoms with Gasteiger partial charge in [-0.3, -0.25) is 19.3 Å². The fourth-order valence-electron chi connectivity index (χ4n) is 6.26. The van der Waals surface area contributed by atoms with E-state index in [9.17, 15) is 19.2 Å². The molecule has 7 rings (SSSR count). The Labute approximate surface area is 209 Å². The van der Waals surface area contributed by atoms with Crippen LogP contribution in [0.4, 0.5) is 11.4 Å². The van der Waals surface area contributed by atoms with Crippen molar-refractivity contribution in [3.8, 4) is 0 Å². The minimum absolute atomic E-state index is 0.111. The van der Waals surface area contributed by atoms with E-state index in [0.717, 1.165) is 19.3 Å². The lowest BCUT2D eigenvalue weighted by Gasteiger charge is -2.37. The Bertz CT molecular complexity index is 1230. The number of anilines is 2. The predicted molar refractivity (Wildman–Crippen MR) is 133 cm³/mol. The van der Waals surface area contributed by atoms with E-state index < -0.39 is 0 Å². The monoisotopic (exact) mass is 484 g/mol. The van der Waals surface area contributed by atoms with Crippen LogP contribution >= 0.6 is 0 Å². The molecule has 5 aliphatic rings. The first-order valence-electron chi connectivity index (χ1n) is 12.7. The Kier molecular flexibility index (Phi) is 5.51. The van der Waals surface area contributed by atoms with E-state index in [4.69, 9.17) is 4.74 Å². The Hall–Kier alpha value is -3.74. The largest absolute Gasteiger partial charge is 0.462 e. The van der Waals surface area contributed by atoms with E-state index in [1.165, 1.54) is 4.90 Å². The SMILES string of the molecule is CCCCOC(=O)c1ccc(NC(=O)c2ccc(N3C(=O)[C@@H]4[C@H]5C=C[C@@H]([C@@H]6C[C@H]56)[C@@H]4C3=O)cc2)cc1. The van der Waals surface area contributed by atoms with Crippen LogP contribution in [0.2, 0.25) is 0 Å². The number of nitrogens with one attached hydrogen (secondary N) is 1. The molecule has 1 aliphatic heterocycles. The highest BCUT2D eigenvalue weighted by Gasteiger charge is 2.67. The maximum atomic E-state index is 13.3. The number of nitrogens with zero attached hydrogens (tertiary/aromatic N) is 1. The molecule has 0 spiro atoms. The number of esters is 1. The Morgan fingerprint density at radius 2 is 1.47 bits per heavy atom. The van der Waals surface area contributed by atoms with E-state index >= 15 is 0 Å². The molecule has 6 atom stereocenters. The average Bonchev–Trinajstić information content (AvgIpc) is 3.67. The number of rotatable bonds is 7. The van der Waals surface area contributed by atoms with Gasteiger partial charge in [-0.05, 0) is 85.0 Å². The zero-order chi connectivity index (χ0) is 25.0. The van der Waals surface area contributed by atoms with Crippen LogP contribution in [0.3, 0.4) is 0 Å². The summed E-state index contributed by atoms with van der Waals surface area (Å²) in [4.78, 5) is 52.7. The van der Waals surface area contributed by atoms with Gasteiger partial charge in [-0.15, -0.1) is 0 Å². The molecular formula is C29H28N2O5. The van der Waals surface area contributed by atoms with E-state index in [0.29, 0.717) is 40.9 Å². The molecule has 1 heterocycles. The lowest BCUT2D eigenvalue weighted by molar-refractivity contribution is -0.124. The van der Waals surface area contributed by atoms with Gasteiger partial charge in [0.15, 0.2) is 0 Å². The molecule has 0 aromatic heterocycles. The number of benzene rings is 2. The summed E-state index contributed by atoms with van der Waals surface area (Å²) >= 11 is 0. The molecule has 7 nitrogen and oxygen atoms in total. The molecule has 7 heteroatoms. The second kappa shape index (κ2) is 8.73. The zero-order valence-electron chi connectivity index (χ0n) is 20.1. The van der Waals surface area contributed by atoms with E-state index in [2.05, 4.69) is 17.5 Å². The number of hydrogen-bond donors (Lipinski definition) is 1. The molecule has 2 saturated carbocycles. The van der Waals surface area contributed by atoms with Crippen LogP contribution in [-0.2, 0) is 14.3 Å². The van der Waals surface area contributed by atoms with E-state index in [1.807, 2.05) is 6.92 Å². The van der Waals surface area contributed by atoms with Crippen LogP contribution in [0.25, 0.3) is 0 Å². The van der Waals surface area contributed by atoms with Crippen molar-refractivity contribution in [2.24, 2.45) is 35.5 Å². The highest BCUT2D eigenvalue weighted by atomic mass is 16.5. The fraction of sp³-hybridized carbons (Fsp3) is 0.379. The maximum absolute atomic E-state index is 13.3. The highest BCUT2D eigenvalue weighted by molar-refractivity contribution is 6.22. The van der Waals surface area contributed by atoms with Gasteiger partial charge in [-0.1, -0.05) is 25.5 Å². The summed E-state index contributed by atoms with van der Waals surface area (Å²) in [7, 11) is 0. The first-order valence-corrected chi connectivity index (χ1v) is 12.7. The first-order chi connectivity index (χ1) is 17.5. The Balaban J connectivity index is 1.11. The summed E-state index contributed by atoms with van der Waals surface area (Å²) in [6.45, 7) is 2.41. The third-order valence-electron chi connectivity index (χ3n) is 8.16. The standard InChI is InChI=1S/C29H28N2O5/c1-2-3-14-36-29(35)17-4-8-18(9-5-17)30-26(32)16-6-10-19(11-7-16)31-27(33)24-20-12-13-21(23-15-22(20)23)25(24)28(31)34/h4-13,20-25H,2-3,14-15H2,1H3,(H,30,32)/t20-,21-,22-,23+,24-,25+/m0/s1. The summed E-state index contributed by atoms with van der Waals surface area (Å²) in [6.07, 6.45) is 7.21. The van der Waals surface area contributed by atoms with Gasteiger partial charge in [-0.25, -0.2) is 4.79 Å². The summed E-state index contributed by atoms with van der Waals surface area (Å²) in [6, 6.07) is 13.1. The highest BCUT2D eigenvalue weighted by Crippen LogP contribution is 2.65. The van der Waals surface area contributed by atoms with Crippen molar-refractivity contribution in [3.63, 3.8) is 0 Å². The van der Waals surface area contributed by atoms with Crippen molar-refractivity contribution in [1.29, 1.82) is 0 Å². The summed E-state index contributed by atoms with van der Waals surface area (Å²) in [5, 5.41) is 2.81. The number of carbonyl (C=O) groups is 4. The third kappa shape index (κ3) is 3.65. The molecule has 2 aromatic rings. The molecule has 1 saturated heterocycles. The minimum Gasteiger partial charge on any atom is -0.462 e. The van der Waals surface area contributed by atoms with Gasteiger partial charge < -0.3 is 10.1 Å². The van der Waals surface area contributed by atoms with Gasteiger partial charge in [0.25, 0.3) is 5.91 Å². The Morgan fingerprint density at radius 1 is 0.889 bits per heavy atom. The number of ether oxygens (including phenoxy) is 1. The maximum Gasteiger partial charge on any atom is 0.338 e. The van der Waals surface area contributed by atoms with E-state index in [-0.39, 0.29) is 47.4 Å². The van der Waals surface area contributed by atoms with Crippen LogP contribution in [0.5, 0.6) is 0 Å². The molecule has 0 unspecified atom stereocenters. The van der Waals surface area contributed by atoms with Crippen LogP contribution in [0, 0.1) is 35.5 Å². The van der Waals surface area contributed by atoms with Gasteiger partial charge >= 0.3 is 5.97 Å². The molecule has 3 fully saturated rings. The van der Waals surface area contributed by atoms with Crippen molar-refractivity contribution >= 4 is 35.1 Å². The molecule has 3 amide bonds. The second-order valence-electron chi connectivity index (χ2n) is 10.2. The number of allylic oxidation sites excluding steroid dienone is 2. The van der Waals surface area contributed by atoms with E-state index in [1.54, 1.807) is 48.5 Å². The summed E-state index contributed by atoms with van der Waals surface area (Å²) < 4.78 is 5.20. The number of amides is 3. The molecule has 2 bridgehead atoms. The average molecular weight is 485 g/mol. The smallest absolute Gasteiger partial charge is 0.338 e. The number of carbonyl (C=O) groups excluding carboxylic acids is 4. The molecule has 36 heavy (non-hydrogen) atoms. The molecular weight excluding hydrogens is 456 g/mol. The lowest BCUT2D eigenvalue weighted by atomic mass is 9.63. The quantitative estimate of drug-likeness (QED) is 0.271. The van der Waals surface area contributed by atoms with Crippen LogP contribution in [0.1, 0.15) is 46.9 Å². The van der Waals surface area contributed by atoms with Gasteiger partial charge in [-0.2, -0.15) is 0 Å². The van der Waals surface area contributed by atoms with Crippen LogP contribution < -0.4 is 10.2 Å². The predicted octanol–water partition coefficient (Wildman–Crippen LogP) is 4.45. The zero-order valence-corrected chi connectivity index (χ0v) is 20.1. The second-order valence-corrected chi connectivity index (χ2v) is 10.2. The molecule has 2 aromatic carbocycles. The first kappa shape index (κ1) is 22.7.